The van der Waals surface area contributed by atoms with E-state index in [1.165, 1.54) is 44.2 Å². The number of nitrogens with zero attached hydrogens (tertiary/aromatic N) is 2. The van der Waals surface area contributed by atoms with Crippen LogP contribution in [0.25, 0.3) is 0 Å². The van der Waals surface area contributed by atoms with Crippen LogP contribution in [0.15, 0.2) is 16.4 Å². The Morgan fingerprint density at radius 3 is 2.76 bits per heavy atom. The van der Waals surface area contributed by atoms with Gasteiger partial charge in [-0.25, -0.2) is 0 Å². The Balaban J connectivity index is 2.33. The van der Waals surface area contributed by atoms with Crippen LogP contribution in [0.5, 0.6) is 0 Å². The average molecular weight is 235 g/mol. The molecule has 2 heteroatoms. The number of rotatable bonds is 2. The molecule has 0 radical (unpaired) electrons. The van der Waals surface area contributed by atoms with Gasteiger partial charge in [0.1, 0.15) is 5.70 Å². The van der Waals surface area contributed by atoms with E-state index in [0.29, 0.717) is 5.92 Å². The molecule has 2 rings (SSSR count). The smallest absolute Gasteiger partial charge is 0.122 e. The van der Waals surface area contributed by atoms with Crippen molar-refractivity contribution in [1.82, 2.24) is 0 Å². The molecule has 0 aromatic carbocycles. The maximum atomic E-state index is 4.92. The molecule has 17 heavy (non-hydrogen) atoms. The van der Waals surface area contributed by atoms with Crippen LogP contribution in [0.2, 0.25) is 0 Å². The predicted octanol–water partition coefficient (Wildman–Crippen LogP) is 4.37. The second kappa shape index (κ2) is 5.79. The van der Waals surface area contributed by atoms with E-state index < -0.39 is 0 Å². The van der Waals surface area contributed by atoms with Gasteiger partial charge in [-0.2, -0.15) is 0 Å². The molecule has 2 nitrogen and oxygen atoms in total. The largest absolute Gasteiger partial charge is 0.175 e. The molecule has 0 N–H and O–H groups in total. The quantitative estimate of drug-likeness (QED) is 0.632. The molecule has 0 amide bonds. The highest BCUT2D eigenvalue weighted by Crippen LogP contribution is 2.36. The van der Waals surface area contributed by atoms with Crippen LogP contribution in [0.1, 0.15) is 59.3 Å². The predicted molar refractivity (Wildman–Crippen MR) is 71.2 cm³/mol. The van der Waals surface area contributed by atoms with Gasteiger partial charge >= 0.3 is 0 Å². The molecular weight excluding hydrogens is 208 g/mol. The summed E-state index contributed by atoms with van der Waals surface area (Å²) in [6.07, 6.45) is 8.09. The monoisotopic (exact) mass is 235 g/mol. The van der Waals surface area contributed by atoms with Crippen LogP contribution >= 0.6 is 0 Å². The maximum Gasteiger partial charge on any atom is 0.175 e. The van der Waals surface area contributed by atoms with E-state index in [2.05, 4.69) is 25.5 Å². The van der Waals surface area contributed by atoms with Crippen molar-refractivity contribution >= 4 is 0 Å². The van der Waals surface area contributed by atoms with Crippen LogP contribution in [-0.4, -0.2) is 17.8 Å². The standard InChI is InChI=1S/C15H27N2/c1-4-13-11-17(5-2)16-15-12(3)9-7-6-8-10-14(13)15/h12-13H,4-11H2,1-3H3/q+1. The molecule has 0 aromatic heterocycles. The highest BCUT2D eigenvalue weighted by atomic mass is 15.3. The van der Waals surface area contributed by atoms with Crippen molar-refractivity contribution in [2.75, 3.05) is 13.1 Å². The molecule has 2 unspecified atom stereocenters. The molecule has 1 heterocycles. The van der Waals surface area contributed by atoms with E-state index in [9.17, 15) is 0 Å². The van der Waals surface area contributed by atoms with Crippen LogP contribution in [0.3, 0.4) is 0 Å². The van der Waals surface area contributed by atoms with Crippen LogP contribution in [-0.2, 0) is 0 Å². The first-order chi connectivity index (χ1) is 8.26. The minimum absolute atomic E-state index is 0.675. The topological polar surface area (TPSA) is 15.4 Å². The fourth-order valence-corrected chi connectivity index (χ4v) is 3.23. The first-order valence-corrected chi connectivity index (χ1v) is 7.45. The van der Waals surface area contributed by atoms with Gasteiger partial charge in [0, 0.05) is 11.8 Å². The first-order valence-electron chi connectivity index (χ1n) is 7.45. The Bertz CT molecular complexity index is 328. The van der Waals surface area contributed by atoms with E-state index in [-0.39, 0.29) is 0 Å². The van der Waals surface area contributed by atoms with Crippen molar-refractivity contribution in [1.29, 1.82) is 0 Å². The van der Waals surface area contributed by atoms with Gasteiger partial charge < -0.3 is 0 Å². The number of azo groups is 2. The van der Waals surface area contributed by atoms with Crippen molar-refractivity contribution in [3.8, 4) is 0 Å². The van der Waals surface area contributed by atoms with E-state index in [4.69, 9.17) is 5.11 Å². The number of hydrogen-bond donors (Lipinski definition) is 0. The van der Waals surface area contributed by atoms with Crippen LogP contribution in [0, 0.1) is 11.8 Å². The third kappa shape index (κ3) is 2.78. The summed E-state index contributed by atoms with van der Waals surface area (Å²) >= 11 is 0. The molecule has 1 aliphatic heterocycles. The fourth-order valence-electron chi connectivity index (χ4n) is 3.23. The Hall–Kier alpha value is -0.660. The highest BCUT2D eigenvalue weighted by Gasteiger charge is 2.31. The molecule has 0 bridgehead atoms. The molecule has 0 spiro atoms. The van der Waals surface area contributed by atoms with E-state index in [1.807, 2.05) is 0 Å². The first kappa shape index (κ1) is 12.8. The summed E-state index contributed by atoms with van der Waals surface area (Å²) in [7, 11) is 0. The van der Waals surface area contributed by atoms with Gasteiger partial charge in [-0.15, -0.1) is 4.70 Å². The lowest BCUT2D eigenvalue weighted by Crippen LogP contribution is -2.27. The zero-order valence-corrected chi connectivity index (χ0v) is 11.7. The maximum absolute atomic E-state index is 4.92. The summed E-state index contributed by atoms with van der Waals surface area (Å²) < 4.78 is 2.28. The van der Waals surface area contributed by atoms with E-state index >= 15 is 0 Å². The fraction of sp³-hybridized carbons (Fsp3) is 0.867. The molecule has 0 fully saturated rings. The van der Waals surface area contributed by atoms with Crippen molar-refractivity contribution < 1.29 is 4.70 Å². The summed E-state index contributed by atoms with van der Waals surface area (Å²) in [6, 6.07) is 0. The zero-order valence-electron chi connectivity index (χ0n) is 11.7. The summed E-state index contributed by atoms with van der Waals surface area (Å²) in [4.78, 5) is 0. The van der Waals surface area contributed by atoms with Gasteiger partial charge in [0.25, 0.3) is 0 Å². The van der Waals surface area contributed by atoms with Crippen molar-refractivity contribution in [2.24, 2.45) is 17.0 Å². The Morgan fingerprint density at radius 2 is 2.06 bits per heavy atom. The van der Waals surface area contributed by atoms with Crippen molar-refractivity contribution in [3.63, 3.8) is 0 Å². The van der Waals surface area contributed by atoms with Crippen molar-refractivity contribution in [3.05, 3.63) is 11.3 Å². The van der Waals surface area contributed by atoms with Gasteiger partial charge in [-0.3, -0.25) is 0 Å². The normalized spacial score (nSPS) is 30.4. The van der Waals surface area contributed by atoms with Gasteiger partial charge in [0.2, 0.25) is 0 Å². The summed E-state index contributed by atoms with van der Waals surface area (Å²) in [6.45, 7) is 9.13. The summed E-state index contributed by atoms with van der Waals surface area (Å²) in [5, 5.41) is 4.92. The molecule has 0 aromatic rings. The minimum atomic E-state index is 0.675. The van der Waals surface area contributed by atoms with Crippen LogP contribution in [0.4, 0.5) is 0 Å². The average Bonchev–Trinajstić information content (AvgIpc) is 2.35. The molecule has 96 valence electrons. The zero-order chi connectivity index (χ0) is 12.3. The Labute approximate surface area is 106 Å². The van der Waals surface area contributed by atoms with E-state index in [0.717, 1.165) is 19.0 Å². The van der Waals surface area contributed by atoms with Crippen molar-refractivity contribution in [2.45, 2.75) is 59.3 Å². The van der Waals surface area contributed by atoms with E-state index in [1.54, 1.807) is 5.57 Å². The second-order valence-corrected chi connectivity index (χ2v) is 5.62. The molecule has 2 aliphatic rings. The Morgan fingerprint density at radius 1 is 1.24 bits per heavy atom. The van der Waals surface area contributed by atoms with Gasteiger partial charge in [0.15, 0.2) is 13.1 Å². The lowest BCUT2D eigenvalue weighted by molar-refractivity contribution is -0.597. The molecular formula is C15H27N2+. The SMILES string of the molecule is CCC1C[N+](CC)=NC2=C1CCCCCC2C. The third-order valence-electron chi connectivity index (χ3n) is 4.41. The minimum Gasteiger partial charge on any atom is -0.122 e. The molecule has 2 atom stereocenters. The van der Waals surface area contributed by atoms with Gasteiger partial charge in [-0.05, 0) is 43.3 Å². The lowest BCUT2D eigenvalue weighted by atomic mass is 9.82. The summed E-state index contributed by atoms with van der Waals surface area (Å²) in [5.41, 5.74) is 3.15. The number of allylic oxidation sites excluding steroid dienone is 1. The number of hydrogen-bond acceptors (Lipinski definition) is 1. The lowest BCUT2D eigenvalue weighted by Gasteiger charge is -2.27. The van der Waals surface area contributed by atoms with Gasteiger partial charge in [0.05, 0.1) is 0 Å². The highest BCUT2D eigenvalue weighted by molar-refractivity contribution is 5.19. The summed E-state index contributed by atoms with van der Waals surface area (Å²) in [5.74, 6) is 1.44. The Kier molecular flexibility index (Phi) is 4.36. The molecule has 0 saturated heterocycles. The van der Waals surface area contributed by atoms with Gasteiger partial charge in [-0.1, -0.05) is 26.7 Å². The van der Waals surface area contributed by atoms with Crippen LogP contribution < -0.4 is 0 Å². The third-order valence-corrected chi connectivity index (χ3v) is 4.41. The second-order valence-electron chi connectivity index (χ2n) is 5.62. The molecule has 1 aliphatic carbocycles. The molecule has 0 saturated carbocycles.